The Morgan fingerprint density at radius 2 is 2.50 bits per heavy atom. The lowest BCUT2D eigenvalue weighted by molar-refractivity contribution is 0.375. The van der Waals surface area contributed by atoms with Crippen LogP contribution in [0.15, 0.2) is 18.3 Å². The molecule has 0 saturated carbocycles. The average Bonchev–Trinajstić information content (AvgIpc) is 2.96. The van der Waals surface area contributed by atoms with Crippen molar-refractivity contribution in [2.45, 2.75) is 31.7 Å². The Hall–Kier alpha value is -1.00. The standard InChI is InChI=1S/C12H15N3S/c1-2-12(6-4-8-14-12)11-15-9-5-3-7-13-10(9)16-11/h3,5,7,14H,2,4,6,8H2,1H3. The minimum absolute atomic E-state index is 0.116. The Morgan fingerprint density at radius 3 is 3.19 bits per heavy atom. The number of fused-ring (bicyclic) bond motifs is 1. The van der Waals surface area contributed by atoms with E-state index in [2.05, 4.69) is 17.2 Å². The van der Waals surface area contributed by atoms with Gasteiger partial charge in [-0.05, 0) is 37.9 Å². The van der Waals surface area contributed by atoms with E-state index in [1.165, 1.54) is 17.8 Å². The van der Waals surface area contributed by atoms with Crippen LogP contribution in [-0.2, 0) is 5.54 Å². The van der Waals surface area contributed by atoms with Gasteiger partial charge in [-0.2, -0.15) is 0 Å². The maximum absolute atomic E-state index is 4.73. The molecule has 1 aliphatic rings. The van der Waals surface area contributed by atoms with Crippen LogP contribution in [0.2, 0.25) is 0 Å². The van der Waals surface area contributed by atoms with Crippen LogP contribution in [0.5, 0.6) is 0 Å². The predicted octanol–water partition coefficient (Wildman–Crippen LogP) is 2.68. The van der Waals surface area contributed by atoms with Crippen molar-refractivity contribution in [1.82, 2.24) is 15.3 Å². The van der Waals surface area contributed by atoms with Gasteiger partial charge in [0.1, 0.15) is 15.4 Å². The summed E-state index contributed by atoms with van der Waals surface area (Å²) in [5.74, 6) is 0. The van der Waals surface area contributed by atoms with Gasteiger partial charge >= 0.3 is 0 Å². The number of nitrogens with one attached hydrogen (secondary N) is 1. The molecule has 16 heavy (non-hydrogen) atoms. The number of thiazole rings is 1. The number of rotatable bonds is 2. The van der Waals surface area contributed by atoms with E-state index in [1.54, 1.807) is 11.3 Å². The molecule has 2 aromatic heterocycles. The van der Waals surface area contributed by atoms with Crippen molar-refractivity contribution < 1.29 is 0 Å². The van der Waals surface area contributed by atoms with Crippen molar-refractivity contribution in [2.75, 3.05) is 6.54 Å². The molecular weight excluding hydrogens is 218 g/mol. The topological polar surface area (TPSA) is 37.8 Å². The molecule has 4 heteroatoms. The highest BCUT2D eigenvalue weighted by Crippen LogP contribution is 2.37. The third kappa shape index (κ3) is 1.44. The Balaban J connectivity index is 2.10. The number of hydrogen-bond donors (Lipinski definition) is 1. The Kier molecular flexibility index (Phi) is 2.41. The molecule has 0 spiro atoms. The second-order valence-corrected chi connectivity index (χ2v) is 5.29. The highest BCUT2D eigenvalue weighted by Gasteiger charge is 2.36. The molecule has 84 valence electrons. The lowest BCUT2D eigenvalue weighted by Gasteiger charge is -2.25. The molecule has 1 N–H and O–H groups in total. The van der Waals surface area contributed by atoms with Gasteiger partial charge in [0.05, 0.1) is 5.54 Å². The zero-order chi connectivity index (χ0) is 11.0. The van der Waals surface area contributed by atoms with Crippen LogP contribution < -0.4 is 5.32 Å². The number of aromatic nitrogens is 2. The first-order chi connectivity index (χ1) is 7.84. The molecule has 1 atom stereocenters. The average molecular weight is 233 g/mol. The molecule has 2 aromatic rings. The first-order valence-electron chi connectivity index (χ1n) is 5.81. The van der Waals surface area contributed by atoms with Crippen molar-refractivity contribution >= 4 is 21.7 Å². The smallest absolute Gasteiger partial charge is 0.143 e. The van der Waals surface area contributed by atoms with Crippen LogP contribution in [-0.4, -0.2) is 16.5 Å². The molecule has 0 bridgehead atoms. The van der Waals surface area contributed by atoms with Crippen LogP contribution in [0.25, 0.3) is 10.3 Å². The van der Waals surface area contributed by atoms with Gasteiger partial charge in [-0.3, -0.25) is 0 Å². The lowest BCUT2D eigenvalue weighted by Crippen LogP contribution is -2.35. The summed E-state index contributed by atoms with van der Waals surface area (Å²) in [6.07, 6.45) is 5.39. The second-order valence-electron chi connectivity index (χ2n) is 4.31. The SMILES string of the molecule is CCC1(c2nc3cccnc3s2)CCCN1. The Labute approximate surface area is 98.9 Å². The van der Waals surface area contributed by atoms with E-state index in [-0.39, 0.29) is 5.54 Å². The third-order valence-electron chi connectivity index (χ3n) is 3.42. The van der Waals surface area contributed by atoms with Gasteiger partial charge in [0.15, 0.2) is 0 Å². The van der Waals surface area contributed by atoms with Crippen LogP contribution in [0.3, 0.4) is 0 Å². The lowest BCUT2D eigenvalue weighted by atomic mass is 9.95. The first-order valence-corrected chi connectivity index (χ1v) is 6.63. The maximum Gasteiger partial charge on any atom is 0.143 e. The molecule has 0 aromatic carbocycles. The van der Waals surface area contributed by atoms with E-state index in [4.69, 9.17) is 4.98 Å². The van der Waals surface area contributed by atoms with Gasteiger partial charge < -0.3 is 5.32 Å². The largest absolute Gasteiger partial charge is 0.305 e. The number of pyridine rings is 1. The molecule has 1 unspecified atom stereocenters. The summed E-state index contributed by atoms with van der Waals surface area (Å²) in [6.45, 7) is 3.34. The monoisotopic (exact) mass is 233 g/mol. The molecular formula is C12H15N3S. The Bertz CT molecular complexity index is 467. The minimum Gasteiger partial charge on any atom is -0.305 e. The van der Waals surface area contributed by atoms with E-state index < -0.39 is 0 Å². The fourth-order valence-corrected chi connectivity index (χ4v) is 3.59. The van der Waals surface area contributed by atoms with Gasteiger partial charge in [-0.1, -0.05) is 18.3 Å². The summed E-state index contributed by atoms with van der Waals surface area (Å²) in [4.78, 5) is 10.2. The zero-order valence-electron chi connectivity index (χ0n) is 9.36. The van der Waals surface area contributed by atoms with Crippen molar-refractivity contribution in [3.05, 3.63) is 23.3 Å². The van der Waals surface area contributed by atoms with E-state index in [1.807, 2.05) is 18.3 Å². The summed E-state index contributed by atoms with van der Waals surface area (Å²) in [7, 11) is 0. The van der Waals surface area contributed by atoms with Crippen LogP contribution in [0.4, 0.5) is 0 Å². The highest BCUT2D eigenvalue weighted by atomic mass is 32.1. The van der Waals surface area contributed by atoms with Crippen molar-refractivity contribution in [3.63, 3.8) is 0 Å². The minimum atomic E-state index is 0.116. The fraction of sp³-hybridized carbons (Fsp3) is 0.500. The molecule has 1 aliphatic heterocycles. The van der Waals surface area contributed by atoms with E-state index in [0.29, 0.717) is 0 Å². The fourth-order valence-electron chi connectivity index (χ4n) is 2.42. The normalized spacial score (nSPS) is 25.3. The van der Waals surface area contributed by atoms with Gasteiger partial charge in [-0.25, -0.2) is 9.97 Å². The predicted molar refractivity (Wildman–Crippen MR) is 66.6 cm³/mol. The van der Waals surface area contributed by atoms with Gasteiger partial charge in [-0.15, -0.1) is 0 Å². The Morgan fingerprint density at radius 1 is 1.56 bits per heavy atom. The van der Waals surface area contributed by atoms with Crippen molar-refractivity contribution in [3.8, 4) is 0 Å². The number of nitrogens with zero attached hydrogens (tertiary/aromatic N) is 2. The van der Waals surface area contributed by atoms with Crippen molar-refractivity contribution in [1.29, 1.82) is 0 Å². The molecule has 3 rings (SSSR count). The van der Waals surface area contributed by atoms with E-state index in [0.717, 1.165) is 23.3 Å². The second kappa shape index (κ2) is 3.79. The zero-order valence-corrected chi connectivity index (χ0v) is 10.2. The molecule has 1 fully saturated rings. The number of hydrogen-bond acceptors (Lipinski definition) is 4. The van der Waals surface area contributed by atoms with E-state index in [9.17, 15) is 0 Å². The molecule has 3 heterocycles. The van der Waals surface area contributed by atoms with Crippen molar-refractivity contribution in [2.24, 2.45) is 0 Å². The van der Waals surface area contributed by atoms with Gasteiger partial charge in [0, 0.05) is 6.20 Å². The van der Waals surface area contributed by atoms with Crippen LogP contribution in [0.1, 0.15) is 31.2 Å². The summed E-state index contributed by atoms with van der Waals surface area (Å²) in [5, 5.41) is 4.83. The summed E-state index contributed by atoms with van der Waals surface area (Å²) in [5.41, 5.74) is 1.15. The molecule has 3 nitrogen and oxygen atoms in total. The van der Waals surface area contributed by atoms with E-state index >= 15 is 0 Å². The molecule has 0 radical (unpaired) electrons. The van der Waals surface area contributed by atoms with Gasteiger partial charge in [0.25, 0.3) is 0 Å². The summed E-state index contributed by atoms with van der Waals surface area (Å²) in [6, 6.07) is 3.99. The summed E-state index contributed by atoms with van der Waals surface area (Å²) < 4.78 is 0. The first kappa shape index (κ1) is 10.2. The highest BCUT2D eigenvalue weighted by molar-refractivity contribution is 7.18. The van der Waals surface area contributed by atoms with Gasteiger partial charge in [0.2, 0.25) is 0 Å². The molecule has 0 amide bonds. The maximum atomic E-state index is 4.73. The van der Waals surface area contributed by atoms with Crippen LogP contribution >= 0.6 is 11.3 Å². The molecule has 1 saturated heterocycles. The third-order valence-corrected chi connectivity index (χ3v) is 4.61. The summed E-state index contributed by atoms with van der Waals surface area (Å²) >= 11 is 1.73. The van der Waals surface area contributed by atoms with Crippen LogP contribution in [0, 0.1) is 0 Å². The molecule has 0 aliphatic carbocycles. The quantitative estimate of drug-likeness (QED) is 0.866.